The van der Waals surface area contributed by atoms with Crippen molar-refractivity contribution >= 4 is 17.4 Å². The highest BCUT2D eigenvalue weighted by atomic mass is 32.2. The number of benzene rings is 1. The number of thioether (sulfide) groups is 1. The number of anilines is 1. The number of nitrogen functional groups attached to an aromatic ring is 1. The molecule has 84 valence electrons. The van der Waals surface area contributed by atoms with Gasteiger partial charge in [-0.05, 0) is 18.1 Å². The fourth-order valence-corrected chi connectivity index (χ4v) is 2.03. The molecule has 15 heavy (non-hydrogen) atoms. The molecule has 0 radical (unpaired) electrons. The molecular weight excluding hydrogens is 210 g/mol. The van der Waals surface area contributed by atoms with Crippen LogP contribution in [0.2, 0.25) is 0 Å². The smallest absolute Gasteiger partial charge is 0.120 e. The van der Waals surface area contributed by atoms with E-state index in [9.17, 15) is 0 Å². The normalized spacial score (nSPS) is 12.5. The Bertz CT molecular complexity index is 317. The molecular formula is C11H17NO2S. The molecule has 1 atom stereocenters. The van der Waals surface area contributed by atoms with Crippen LogP contribution in [0, 0.1) is 5.92 Å². The Morgan fingerprint density at radius 3 is 2.80 bits per heavy atom. The van der Waals surface area contributed by atoms with Gasteiger partial charge in [0, 0.05) is 29.0 Å². The van der Waals surface area contributed by atoms with Crippen LogP contribution in [0.15, 0.2) is 23.1 Å². The van der Waals surface area contributed by atoms with Crippen molar-refractivity contribution in [3.05, 3.63) is 18.2 Å². The Kier molecular flexibility index (Phi) is 4.78. The summed E-state index contributed by atoms with van der Waals surface area (Å²) < 4.78 is 5.07. The average molecular weight is 227 g/mol. The summed E-state index contributed by atoms with van der Waals surface area (Å²) in [5.41, 5.74) is 6.59. The lowest BCUT2D eigenvalue weighted by Crippen LogP contribution is -2.03. The van der Waals surface area contributed by atoms with Gasteiger partial charge in [-0.15, -0.1) is 11.8 Å². The quantitative estimate of drug-likeness (QED) is 0.596. The fraction of sp³-hybridized carbons (Fsp3) is 0.455. The first-order valence-electron chi connectivity index (χ1n) is 4.84. The zero-order valence-corrected chi connectivity index (χ0v) is 9.88. The number of ether oxygens (including phenoxy) is 1. The van der Waals surface area contributed by atoms with Crippen LogP contribution in [0.3, 0.4) is 0 Å². The first-order chi connectivity index (χ1) is 7.17. The van der Waals surface area contributed by atoms with E-state index >= 15 is 0 Å². The molecule has 1 unspecified atom stereocenters. The first kappa shape index (κ1) is 12.2. The van der Waals surface area contributed by atoms with Gasteiger partial charge in [0.15, 0.2) is 0 Å². The average Bonchev–Trinajstić information content (AvgIpc) is 2.26. The molecule has 3 N–H and O–H groups in total. The predicted octanol–water partition coefficient (Wildman–Crippen LogP) is 2.00. The lowest BCUT2D eigenvalue weighted by Gasteiger charge is -2.10. The Balaban J connectivity index is 2.62. The number of aliphatic hydroxyl groups is 1. The Morgan fingerprint density at radius 1 is 1.53 bits per heavy atom. The van der Waals surface area contributed by atoms with Crippen molar-refractivity contribution in [2.45, 2.75) is 11.8 Å². The molecule has 4 heteroatoms. The summed E-state index contributed by atoms with van der Waals surface area (Å²) in [5, 5.41) is 8.90. The van der Waals surface area contributed by atoms with Crippen LogP contribution in [-0.2, 0) is 0 Å². The second kappa shape index (κ2) is 5.88. The molecule has 0 aliphatic carbocycles. The van der Waals surface area contributed by atoms with Crippen LogP contribution in [0.1, 0.15) is 6.92 Å². The van der Waals surface area contributed by atoms with Gasteiger partial charge < -0.3 is 15.6 Å². The lowest BCUT2D eigenvalue weighted by atomic mass is 10.2. The maximum Gasteiger partial charge on any atom is 0.120 e. The van der Waals surface area contributed by atoms with Crippen LogP contribution in [0.5, 0.6) is 5.75 Å². The Morgan fingerprint density at radius 2 is 2.27 bits per heavy atom. The van der Waals surface area contributed by atoms with E-state index in [1.54, 1.807) is 18.9 Å². The van der Waals surface area contributed by atoms with E-state index in [0.717, 1.165) is 22.1 Å². The highest BCUT2D eigenvalue weighted by Gasteiger charge is 2.05. The van der Waals surface area contributed by atoms with Gasteiger partial charge in [-0.2, -0.15) is 0 Å². The van der Waals surface area contributed by atoms with Gasteiger partial charge >= 0.3 is 0 Å². The molecule has 0 heterocycles. The number of nitrogens with two attached hydrogens (primary N) is 1. The monoisotopic (exact) mass is 227 g/mol. The van der Waals surface area contributed by atoms with Gasteiger partial charge in [0.2, 0.25) is 0 Å². The van der Waals surface area contributed by atoms with E-state index in [1.165, 1.54) is 0 Å². The van der Waals surface area contributed by atoms with E-state index < -0.39 is 0 Å². The number of hydrogen-bond acceptors (Lipinski definition) is 4. The van der Waals surface area contributed by atoms with Crippen molar-refractivity contribution in [1.29, 1.82) is 0 Å². The SMILES string of the molecule is COc1ccc(SCC(C)CO)c(N)c1. The van der Waals surface area contributed by atoms with Crippen LogP contribution in [-0.4, -0.2) is 24.6 Å². The number of methoxy groups -OCH3 is 1. The summed E-state index contributed by atoms with van der Waals surface area (Å²) in [6.07, 6.45) is 0. The van der Waals surface area contributed by atoms with E-state index in [4.69, 9.17) is 15.6 Å². The highest BCUT2D eigenvalue weighted by Crippen LogP contribution is 2.29. The molecule has 0 aromatic heterocycles. The third-order valence-corrected chi connectivity index (χ3v) is 3.47. The summed E-state index contributed by atoms with van der Waals surface area (Å²) in [6, 6.07) is 5.65. The standard InChI is InChI=1S/C11H17NO2S/c1-8(6-13)7-15-11-4-3-9(14-2)5-10(11)12/h3-5,8,13H,6-7,12H2,1-2H3. The third-order valence-electron chi connectivity index (χ3n) is 2.05. The van der Waals surface area contributed by atoms with Gasteiger partial charge in [-0.3, -0.25) is 0 Å². The molecule has 0 bridgehead atoms. The Hall–Kier alpha value is -0.870. The maximum absolute atomic E-state index is 8.90. The molecule has 0 fully saturated rings. The van der Waals surface area contributed by atoms with Gasteiger partial charge in [-0.1, -0.05) is 6.92 Å². The van der Waals surface area contributed by atoms with Crippen molar-refractivity contribution in [1.82, 2.24) is 0 Å². The summed E-state index contributed by atoms with van der Waals surface area (Å²) in [6.45, 7) is 2.22. The van der Waals surface area contributed by atoms with Gasteiger partial charge in [0.25, 0.3) is 0 Å². The molecule has 0 amide bonds. The van der Waals surface area contributed by atoms with Crippen molar-refractivity contribution in [2.75, 3.05) is 25.2 Å². The summed E-state index contributed by atoms with van der Waals surface area (Å²) in [4.78, 5) is 1.04. The molecule has 0 aliphatic heterocycles. The molecule has 0 spiro atoms. The second-order valence-corrected chi connectivity index (χ2v) is 4.56. The van der Waals surface area contributed by atoms with Gasteiger partial charge in [0.1, 0.15) is 5.75 Å². The number of hydrogen-bond donors (Lipinski definition) is 2. The van der Waals surface area contributed by atoms with E-state index in [2.05, 4.69) is 0 Å². The topological polar surface area (TPSA) is 55.5 Å². The number of aliphatic hydroxyl groups excluding tert-OH is 1. The van der Waals surface area contributed by atoms with Crippen LogP contribution >= 0.6 is 11.8 Å². The molecule has 1 rings (SSSR count). The van der Waals surface area contributed by atoms with Gasteiger partial charge in [0.05, 0.1) is 7.11 Å². The minimum absolute atomic E-state index is 0.211. The molecule has 0 saturated carbocycles. The summed E-state index contributed by atoms with van der Waals surface area (Å²) >= 11 is 1.66. The van der Waals surface area contributed by atoms with Crippen molar-refractivity contribution in [3.8, 4) is 5.75 Å². The van der Waals surface area contributed by atoms with Crippen molar-refractivity contribution in [2.24, 2.45) is 5.92 Å². The fourth-order valence-electron chi connectivity index (χ4n) is 1.07. The van der Waals surface area contributed by atoms with E-state index in [1.807, 2.05) is 25.1 Å². The largest absolute Gasteiger partial charge is 0.497 e. The minimum atomic E-state index is 0.211. The summed E-state index contributed by atoms with van der Waals surface area (Å²) in [5.74, 6) is 1.93. The van der Waals surface area contributed by atoms with Crippen LogP contribution in [0.25, 0.3) is 0 Å². The second-order valence-electron chi connectivity index (χ2n) is 3.50. The van der Waals surface area contributed by atoms with Crippen LogP contribution < -0.4 is 10.5 Å². The van der Waals surface area contributed by atoms with E-state index in [-0.39, 0.29) is 12.5 Å². The molecule has 0 aliphatic rings. The predicted molar refractivity (Wildman–Crippen MR) is 64.4 cm³/mol. The molecule has 1 aromatic rings. The highest BCUT2D eigenvalue weighted by molar-refractivity contribution is 7.99. The molecule has 1 aromatic carbocycles. The maximum atomic E-state index is 8.90. The van der Waals surface area contributed by atoms with Crippen molar-refractivity contribution in [3.63, 3.8) is 0 Å². The zero-order chi connectivity index (χ0) is 11.3. The molecule has 3 nitrogen and oxygen atoms in total. The van der Waals surface area contributed by atoms with E-state index in [0.29, 0.717) is 0 Å². The summed E-state index contributed by atoms with van der Waals surface area (Å²) in [7, 11) is 1.62. The lowest BCUT2D eigenvalue weighted by molar-refractivity contribution is 0.250. The zero-order valence-electron chi connectivity index (χ0n) is 9.06. The Labute approximate surface area is 94.6 Å². The van der Waals surface area contributed by atoms with Crippen LogP contribution in [0.4, 0.5) is 5.69 Å². The third kappa shape index (κ3) is 3.64. The number of rotatable bonds is 5. The minimum Gasteiger partial charge on any atom is -0.497 e. The molecule has 0 saturated heterocycles. The van der Waals surface area contributed by atoms with Crippen molar-refractivity contribution < 1.29 is 9.84 Å². The first-order valence-corrected chi connectivity index (χ1v) is 5.83. The van der Waals surface area contributed by atoms with Gasteiger partial charge in [-0.25, -0.2) is 0 Å².